The lowest BCUT2D eigenvalue weighted by molar-refractivity contribution is -0.166. The van der Waals surface area contributed by atoms with Crippen molar-refractivity contribution >= 4 is 17.9 Å². The zero-order valence-corrected chi connectivity index (χ0v) is 40.7. The van der Waals surface area contributed by atoms with E-state index in [1.807, 2.05) is 24.3 Å². The molecule has 0 heterocycles. The Morgan fingerprint density at radius 3 is 0.892 bits per heavy atom. The van der Waals surface area contributed by atoms with Crippen LogP contribution >= 0.6 is 0 Å². The molecule has 6 nitrogen and oxygen atoms in total. The molecule has 0 aromatic carbocycles. The number of ether oxygens (including phenoxy) is 3. The molecule has 0 rings (SSSR count). The van der Waals surface area contributed by atoms with E-state index in [1.165, 1.54) is 0 Å². The quantitative estimate of drug-likeness (QED) is 0.0263. The van der Waals surface area contributed by atoms with Gasteiger partial charge in [0.1, 0.15) is 13.2 Å². The summed E-state index contributed by atoms with van der Waals surface area (Å²) in [6.45, 7) is 6.08. The molecule has 0 spiro atoms. The average Bonchev–Trinajstić information content (AvgIpc) is 3.30. The molecule has 0 aliphatic rings. The van der Waals surface area contributed by atoms with Crippen LogP contribution in [0, 0.1) is 0 Å². The first kappa shape index (κ1) is 59.8. The number of hydrogen-bond acceptors (Lipinski definition) is 6. The van der Waals surface area contributed by atoms with Crippen molar-refractivity contribution in [3.05, 3.63) is 170 Å². The molecule has 1 unspecified atom stereocenters. The molecule has 358 valence electrons. The Morgan fingerprint density at radius 2 is 0.569 bits per heavy atom. The van der Waals surface area contributed by atoms with Crippen molar-refractivity contribution in [1.29, 1.82) is 0 Å². The molecule has 0 amide bonds. The average molecular weight is 891 g/mol. The maximum Gasteiger partial charge on any atom is 0.306 e. The fourth-order valence-electron chi connectivity index (χ4n) is 5.65. The standard InChI is InChI=1S/C59H86O6/c1-4-7-10-13-16-19-21-23-25-27-29-31-33-35-37-40-43-46-49-52-58(61)64-55-56(54-63-57(60)51-48-45-42-39-18-15-12-9-6-3)65-59(62)53-50-47-44-41-38-36-34-32-30-28-26-24-22-20-17-14-11-8-5-2/h7-12,16-20,23-26,29-32,35-39,43-44,46-47,56H,4-6,13-15,21-22,27-28,33-34,40-42,45,48-55H2,1-3H3/b10-7-,11-8-,12-9-,19-16-,20-17-,25-23-,26-24-,31-29-,32-30-,37-35-,38-36-,39-18-,46-43-,47-44-. The molecular weight excluding hydrogens is 805 g/mol. The van der Waals surface area contributed by atoms with E-state index in [-0.39, 0.29) is 38.4 Å². The lowest BCUT2D eigenvalue weighted by atomic mass is 10.2. The van der Waals surface area contributed by atoms with Gasteiger partial charge in [-0.25, -0.2) is 0 Å². The number of rotatable bonds is 41. The first-order valence-electron chi connectivity index (χ1n) is 24.6. The molecule has 0 aromatic rings. The minimum Gasteiger partial charge on any atom is -0.462 e. The van der Waals surface area contributed by atoms with Crippen molar-refractivity contribution in [2.45, 2.75) is 168 Å². The van der Waals surface area contributed by atoms with Crippen LogP contribution in [0.3, 0.4) is 0 Å². The normalized spacial score (nSPS) is 13.6. The molecule has 0 saturated heterocycles. The number of allylic oxidation sites excluding steroid dienone is 28. The molecule has 0 radical (unpaired) electrons. The van der Waals surface area contributed by atoms with Crippen LogP contribution in [0.5, 0.6) is 0 Å². The SMILES string of the molecule is CC/C=C\C/C=C\C/C=C\C/C=C\C/C=C\C/C=C\CCC(=O)OCC(COC(=O)CCCC/C=C\C/C=C\CC)OC(=O)CC/C=C\C/C=C\C/C=C\C/C=C\C/C=C\C/C=C\CC. The van der Waals surface area contributed by atoms with Crippen LogP contribution in [0.15, 0.2) is 170 Å². The van der Waals surface area contributed by atoms with Gasteiger partial charge in [-0.05, 0) is 122 Å². The molecule has 6 heteroatoms. The van der Waals surface area contributed by atoms with Crippen molar-refractivity contribution in [2.75, 3.05) is 13.2 Å². The van der Waals surface area contributed by atoms with Gasteiger partial charge in [0.2, 0.25) is 0 Å². The maximum atomic E-state index is 12.7. The first-order valence-corrected chi connectivity index (χ1v) is 24.6. The molecule has 0 aromatic heterocycles. The zero-order valence-electron chi connectivity index (χ0n) is 40.7. The molecule has 0 bridgehead atoms. The predicted molar refractivity (Wildman–Crippen MR) is 278 cm³/mol. The second-order valence-corrected chi connectivity index (χ2v) is 15.2. The second kappa shape index (κ2) is 51.4. The first-order chi connectivity index (χ1) is 32.0. The predicted octanol–water partition coefficient (Wildman–Crippen LogP) is 16.4. The summed E-state index contributed by atoms with van der Waals surface area (Å²) in [5.41, 5.74) is 0. The largest absolute Gasteiger partial charge is 0.462 e. The van der Waals surface area contributed by atoms with Gasteiger partial charge in [0.05, 0.1) is 0 Å². The fraction of sp³-hybridized carbons (Fsp3) is 0.475. The molecule has 0 N–H and O–H groups in total. The lowest BCUT2D eigenvalue weighted by Gasteiger charge is -2.18. The van der Waals surface area contributed by atoms with Gasteiger partial charge >= 0.3 is 17.9 Å². The Labute approximate surface area is 396 Å². The molecule has 65 heavy (non-hydrogen) atoms. The van der Waals surface area contributed by atoms with E-state index >= 15 is 0 Å². The molecule has 0 aliphatic heterocycles. The van der Waals surface area contributed by atoms with Gasteiger partial charge in [-0.15, -0.1) is 0 Å². The second-order valence-electron chi connectivity index (χ2n) is 15.2. The third kappa shape index (κ3) is 49.6. The number of esters is 3. The maximum absolute atomic E-state index is 12.7. The summed E-state index contributed by atoms with van der Waals surface area (Å²) < 4.78 is 16.5. The fourth-order valence-corrected chi connectivity index (χ4v) is 5.65. The van der Waals surface area contributed by atoms with E-state index in [9.17, 15) is 14.4 Å². The van der Waals surface area contributed by atoms with Gasteiger partial charge in [0.15, 0.2) is 6.10 Å². The van der Waals surface area contributed by atoms with Crippen molar-refractivity contribution in [2.24, 2.45) is 0 Å². The van der Waals surface area contributed by atoms with Crippen molar-refractivity contribution in [1.82, 2.24) is 0 Å². The molecular formula is C59H86O6. The summed E-state index contributed by atoms with van der Waals surface area (Å²) in [5.74, 6) is -1.18. The van der Waals surface area contributed by atoms with Gasteiger partial charge in [-0.1, -0.05) is 191 Å². The molecule has 0 aliphatic carbocycles. The van der Waals surface area contributed by atoms with Crippen LogP contribution < -0.4 is 0 Å². The number of unbranched alkanes of at least 4 members (excludes halogenated alkanes) is 2. The van der Waals surface area contributed by atoms with Crippen molar-refractivity contribution in [3.63, 3.8) is 0 Å². The van der Waals surface area contributed by atoms with Gasteiger partial charge in [-0.3, -0.25) is 14.4 Å². The molecule has 1 atom stereocenters. The van der Waals surface area contributed by atoms with Crippen LogP contribution in [0.2, 0.25) is 0 Å². The summed E-state index contributed by atoms with van der Waals surface area (Å²) in [5, 5.41) is 0. The third-order valence-corrected chi connectivity index (χ3v) is 9.22. The van der Waals surface area contributed by atoms with E-state index in [1.54, 1.807) is 0 Å². The van der Waals surface area contributed by atoms with E-state index in [2.05, 4.69) is 167 Å². The van der Waals surface area contributed by atoms with E-state index < -0.39 is 18.0 Å². The Kier molecular flexibility index (Phi) is 47.3. The van der Waals surface area contributed by atoms with E-state index in [0.29, 0.717) is 19.3 Å². The van der Waals surface area contributed by atoms with Crippen LogP contribution in [0.25, 0.3) is 0 Å². The number of carbonyl (C=O) groups is 3. The van der Waals surface area contributed by atoms with Crippen LogP contribution in [-0.2, 0) is 28.6 Å². The summed E-state index contributed by atoms with van der Waals surface area (Å²) in [4.78, 5) is 37.8. The highest BCUT2D eigenvalue weighted by atomic mass is 16.6. The topological polar surface area (TPSA) is 78.9 Å². The molecule has 0 fully saturated rings. The van der Waals surface area contributed by atoms with Crippen molar-refractivity contribution in [3.8, 4) is 0 Å². The summed E-state index contributed by atoms with van der Waals surface area (Å²) in [6, 6.07) is 0. The van der Waals surface area contributed by atoms with Crippen LogP contribution in [-0.4, -0.2) is 37.2 Å². The molecule has 0 saturated carbocycles. The van der Waals surface area contributed by atoms with Gasteiger partial charge in [0, 0.05) is 19.3 Å². The lowest BCUT2D eigenvalue weighted by Crippen LogP contribution is -2.30. The van der Waals surface area contributed by atoms with Crippen LogP contribution in [0.1, 0.15) is 162 Å². The van der Waals surface area contributed by atoms with Crippen molar-refractivity contribution < 1.29 is 28.6 Å². The highest BCUT2D eigenvalue weighted by Gasteiger charge is 2.19. The summed E-state index contributed by atoms with van der Waals surface area (Å²) >= 11 is 0. The Balaban J connectivity index is 4.64. The minimum atomic E-state index is -0.870. The van der Waals surface area contributed by atoms with E-state index in [4.69, 9.17) is 14.2 Å². The minimum absolute atomic E-state index is 0.158. The zero-order chi connectivity index (χ0) is 47.2. The highest BCUT2D eigenvalue weighted by Crippen LogP contribution is 2.08. The van der Waals surface area contributed by atoms with Gasteiger partial charge in [-0.2, -0.15) is 0 Å². The van der Waals surface area contributed by atoms with E-state index in [0.717, 1.165) is 103 Å². The smallest absolute Gasteiger partial charge is 0.306 e. The Hall–Kier alpha value is -5.23. The van der Waals surface area contributed by atoms with Gasteiger partial charge < -0.3 is 14.2 Å². The third-order valence-electron chi connectivity index (χ3n) is 9.22. The highest BCUT2D eigenvalue weighted by molar-refractivity contribution is 5.71. The number of hydrogen-bond donors (Lipinski definition) is 0. The van der Waals surface area contributed by atoms with Crippen LogP contribution in [0.4, 0.5) is 0 Å². The number of carbonyl (C=O) groups excluding carboxylic acids is 3. The van der Waals surface area contributed by atoms with Gasteiger partial charge in [0.25, 0.3) is 0 Å². The Bertz CT molecular complexity index is 1590. The monoisotopic (exact) mass is 891 g/mol. The summed E-state index contributed by atoms with van der Waals surface area (Å²) in [6.07, 6.45) is 76.6. The Morgan fingerprint density at radius 1 is 0.308 bits per heavy atom. The summed E-state index contributed by atoms with van der Waals surface area (Å²) in [7, 11) is 0.